The third-order valence-corrected chi connectivity index (χ3v) is 4.35. The van der Waals surface area contributed by atoms with Gasteiger partial charge in [-0.1, -0.05) is 0 Å². The second-order valence-corrected chi connectivity index (χ2v) is 5.76. The maximum atomic E-state index is 11.4. The highest BCUT2D eigenvalue weighted by Gasteiger charge is 2.30. The first-order valence-electron chi connectivity index (χ1n) is 7.35. The standard InChI is InChI=1S/C15H21N3O2/c1-11-5-6-13(15(19)20)14(16-11)18-9-3-8-17-7-2-4-12(17)10-18/h5-6,12H,2-4,7-10H2,1H3,(H,19,20). The van der Waals surface area contributed by atoms with Gasteiger partial charge in [-0.25, -0.2) is 9.78 Å². The molecule has 0 spiro atoms. The van der Waals surface area contributed by atoms with E-state index in [1.807, 2.05) is 6.92 Å². The summed E-state index contributed by atoms with van der Waals surface area (Å²) >= 11 is 0. The second-order valence-electron chi connectivity index (χ2n) is 5.76. The van der Waals surface area contributed by atoms with Crippen molar-refractivity contribution >= 4 is 11.8 Å². The number of pyridine rings is 1. The van der Waals surface area contributed by atoms with Crippen LogP contribution in [-0.4, -0.2) is 53.2 Å². The Morgan fingerprint density at radius 3 is 2.90 bits per heavy atom. The third kappa shape index (κ3) is 2.50. The zero-order valence-corrected chi connectivity index (χ0v) is 11.9. The van der Waals surface area contributed by atoms with E-state index in [0.29, 0.717) is 17.4 Å². The zero-order valence-electron chi connectivity index (χ0n) is 11.9. The summed E-state index contributed by atoms with van der Waals surface area (Å²) in [6.45, 7) is 6.01. The number of hydrogen-bond acceptors (Lipinski definition) is 4. The molecule has 1 aromatic heterocycles. The van der Waals surface area contributed by atoms with Crippen molar-refractivity contribution < 1.29 is 9.90 Å². The van der Waals surface area contributed by atoms with Crippen LogP contribution in [0.2, 0.25) is 0 Å². The quantitative estimate of drug-likeness (QED) is 0.891. The highest BCUT2D eigenvalue weighted by molar-refractivity contribution is 5.93. The van der Waals surface area contributed by atoms with Gasteiger partial charge in [0, 0.05) is 31.4 Å². The molecule has 0 amide bonds. The highest BCUT2D eigenvalue weighted by atomic mass is 16.4. The van der Waals surface area contributed by atoms with Gasteiger partial charge < -0.3 is 10.0 Å². The fourth-order valence-electron chi connectivity index (χ4n) is 3.35. The summed E-state index contributed by atoms with van der Waals surface area (Å²) in [4.78, 5) is 20.6. The summed E-state index contributed by atoms with van der Waals surface area (Å²) in [5, 5.41) is 9.37. The Morgan fingerprint density at radius 1 is 1.30 bits per heavy atom. The molecule has 5 heteroatoms. The van der Waals surface area contributed by atoms with Crippen molar-refractivity contribution in [1.82, 2.24) is 9.88 Å². The Bertz CT molecular complexity index is 518. The molecule has 1 atom stereocenters. The zero-order chi connectivity index (χ0) is 14.1. The van der Waals surface area contributed by atoms with Gasteiger partial charge in [-0.2, -0.15) is 0 Å². The van der Waals surface area contributed by atoms with Crippen LogP contribution in [0.1, 0.15) is 35.3 Å². The normalized spacial score (nSPS) is 23.4. The average molecular weight is 275 g/mol. The SMILES string of the molecule is Cc1ccc(C(=O)O)c(N2CCCN3CCCC3C2)n1. The van der Waals surface area contributed by atoms with E-state index < -0.39 is 5.97 Å². The lowest BCUT2D eigenvalue weighted by molar-refractivity contribution is 0.0697. The lowest BCUT2D eigenvalue weighted by atomic mass is 10.2. The van der Waals surface area contributed by atoms with E-state index in [0.717, 1.165) is 31.7 Å². The molecule has 0 bridgehead atoms. The van der Waals surface area contributed by atoms with Gasteiger partial charge in [-0.05, 0) is 44.9 Å². The van der Waals surface area contributed by atoms with Gasteiger partial charge in [0.25, 0.3) is 0 Å². The van der Waals surface area contributed by atoms with Crippen LogP contribution in [-0.2, 0) is 0 Å². The minimum absolute atomic E-state index is 0.321. The molecule has 5 nitrogen and oxygen atoms in total. The number of carbonyl (C=O) groups is 1. The van der Waals surface area contributed by atoms with Gasteiger partial charge in [0.15, 0.2) is 0 Å². The highest BCUT2D eigenvalue weighted by Crippen LogP contribution is 2.26. The predicted molar refractivity (Wildman–Crippen MR) is 77.4 cm³/mol. The maximum absolute atomic E-state index is 11.4. The average Bonchev–Trinajstić information content (AvgIpc) is 2.75. The van der Waals surface area contributed by atoms with Crippen molar-refractivity contribution in [3.05, 3.63) is 23.4 Å². The Kier molecular flexibility index (Phi) is 3.61. The maximum Gasteiger partial charge on any atom is 0.339 e. The number of rotatable bonds is 2. The number of carboxylic acid groups (broad SMARTS) is 1. The van der Waals surface area contributed by atoms with E-state index in [4.69, 9.17) is 0 Å². The second kappa shape index (κ2) is 5.40. The molecule has 2 saturated heterocycles. The molecule has 2 aliphatic heterocycles. The van der Waals surface area contributed by atoms with Crippen LogP contribution in [0.4, 0.5) is 5.82 Å². The Labute approximate surface area is 119 Å². The third-order valence-electron chi connectivity index (χ3n) is 4.35. The molecule has 3 rings (SSSR count). The van der Waals surface area contributed by atoms with E-state index in [1.54, 1.807) is 12.1 Å². The first kappa shape index (κ1) is 13.4. The molecule has 2 aliphatic rings. The Morgan fingerprint density at radius 2 is 2.10 bits per heavy atom. The van der Waals surface area contributed by atoms with Crippen molar-refractivity contribution in [1.29, 1.82) is 0 Å². The molecule has 3 heterocycles. The van der Waals surface area contributed by atoms with Gasteiger partial charge in [0.1, 0.15) is 11.4 Å². The van der Waals surface area contributed by atoms with Crippen molar-refractivity contribution in [3.8, 4) is 0 Å². The minimum Gasteiger partial charge on any atom is -0.478 e. The molecule has 1 N–H and O–H groups in total. The largest absolute Gasteiger partial charge is 0.478 e. The molecule has 0 radical (unpaired) electrons. The van der Waals surface area contributed by atoms with Crippen LogP contribution in [0.25, 0.3) is 0 Å². The fourth-order valence-corrected chi connectivity index (χ4v) is 3.35. The summed E-state index contributed by atoms with van der Waals surface area (Å²) in [6, 6.07) is 4.01. The summed E-state index contributed by atoms with van der Waals surface area (Å²) in [7, 11) is 0. The van der Waals surface area contributed by atoms with E-state index in [-0.39, 0.29) is 0 Å². The molecule has 1 aromatic rings. The topological polar surface area (TPSA) is 56.7 Å². The molecular formula is C15H21N3O2. The lowest BCUT2D eigenvalue weighted by Gasteiger charge is -2.27. The monoisotopic (exact) mass is 275 g/mol. The first-order valence-corrected chi connectivity index (χ1v) is 7.35. The van der Waals surface area contributed by atoms with Crippen molar-refractivity contribution in [2.75, 3.05) is 31.1 Å². The lowest BCUT2D eigenvalue weighted by Crippen LogP contribution is -2.37. The fraction of sp³-hybridized carbons (Fsp3) is 0.600. The summed E-state index contributed by atoms with van der Waals surface area (Å²) in [5.41, 5.74) is 1.19. The molecule has 108 valence electrons. The van der Waals surface area contributed by atoms with Crippen molar-refractivity contribution in [2.45, 2.75) is 32.2 Å². The minimum atomic E-state index is -0.889. The number of aryl methyl sites for hydroxylation is 1. The van der Waals surface area contributed by atoms with Crippen LogP contribution >= 0.6 is 0 Å². The number of aromatic carboxylic acids is 1. The number of nitrogens with zero attached hydrogens (tertiary/aromatic N) is 3. The van der Waals surface area contributed by atoms with Crippen molar-refractivity contribution in [2.24, 2.45) is 0 Å². The van der Waals surface area contributed by atoms with Gasteiger partial charge in [0.2, 0.25) is 0 Å². The molecule has 1 unspecified atom stereocenters. The summed E-state index contributed by atoms with van der Waals surface area (Å²) in [6.07, 6.45) is 3.54. The van der Waals surface area contributed by atoms with Crippen LogP contribution in [0, 0.1) is 6.92 Å². The number of fused-ring (bicyclic) bond motifs is 1. The van der Waals surface area contributed by atoms with Gasteiger partial charge in [-0.15, -0.1) is 0 Å². The molecular weight excluding hydrogens is 254 g/mol. The molecule has 0 saturated carbocycles. The van der Waals surface area contributed by atoms with Crippen LogP contribution in [0.3, 0.4) is 0 Å². The number of aromatic nitrogens is 1. The predicted octanol–water partition coefficient (Wildman–Crippen LogP) is 1.76. The molecule has 0 aromatic carbocycles. The van der Waals surface area contributed by atoms with Crippen LogP contribution < -0.4 is 4.90 Å². The van der Waals surface area contributed by atoms with Crippen molar-refractivity contribution in [3.63, 3.8) is 0 Å². The van der Waals surface area contributed by atoms with Crippen LogP contribution in [0.15, 0.2) is 12.1 Å². The number of hydrogen-bond donors (Lipinski definition) is 1. The Balaban J connectivity index is 1.91. The summed E-state index contributed by atoms with van der Waals surface area (Å²) < 4.78 is 0. The van der Waals surface area contributed by atoms with Crippen LogP contribution in [0.5, 0.6) is 0 Å². The van der Waals surface area contributed by atoms with E-state index in [9.17, 15) is 9.90 Å². The van der Waals surface area contributed by atoms with Gasteiger partial charge >= 0.3 is 5.97 Å². The molecule has 0 aliphatic carbocycles. The molecule has 2 fully saturated rings. The first-order chi connectivity index (χ1) is 9.65. The Hall–Kier alpha value is -1.62. The number of anilines is 1. The van der Waals surface area contributed by atoms with E-state index in [1.165, 1.54) is 19.4 Å². The summed E-state index contributed by atoms with van der Waals surface area (Å²) in [5.74, 6) is -0.244. The van der Waals surface area contributed by atoms with E-state index >= 15 is 0 Å². The number of carboxylic acids is 1. The van der Waals surface area contributed by atoms with E-state index in [2.05, 4.69) is 14.8 Å². The van der Waals surface area contributed by atoms with Gasteiger partial charge in [-0.3, -0.25) is 4.90 Å². The van der Waals surface area contributed by atoms with Gasteiger partial charge in [0.05, 0.1) is 0 Å². The smallest absolute Gasteiger partial charge is 0.339 e. The molecule has 20 heavy (non-hydrogen) atoms.